The lowest BCUT2D eigenvalue weighted by molar-refractivity contribution is -0.141. The van der Waals surface area contributed by atoms with Crippen molar-refractivity contribution in [2.24, 2.45) is 17.6 Å². The molecule has 0 saturated heterocycles. The van der Waals surface area contributed by atoms with Crippen molar-refractivity contribution < 1.29 is 9.53 Å². The second-order valence-corrected chi connectivity index (χ2v) is 5.11. The number of nitrogens with two attached hydrogens (primary N) is 1. The van der Waals surface area contributed by atoms with E-state index in [9.17, 15) is 4.79 Å². The minimum absolute atomic E-state index is 0.00935. The van der Waals surface area contributed by atoms with Gasteiger partial charge in [0, 0.05) is 6.54 Å². The molecule has 1 aliphatic carbocycles. The van der Waals surface area contributed by atoms with E-state index >= 15 is 0 Å². The molecule has 16 heavy (non-hydrogen) atoms. The van der Waals surface area contributed by atoms with Crippen molar-refractivity contribution in [2.75, 3.05) is 13.1 Å². The molecule has 1 unspecified atom stereocenters. The number of ether oxygens (including phenoxy) is 1. The fourth-order valence-electron chi connectivity index (χ4n) is 1.78. The Morgan fingerprint density at radius 3 is 2.56 bits per heavy atom. The van der Waals surface area contributed by atoms with Crippen molar-refractivity contribution in [2.45, 2.75) is 45.8 Å². The molecule has 0 radical (unpaired) electrons. The van der Waals surface area contributed by atoms with E-state index in [0.717, 1.165) is 19.4 Å². The largest absolute Gasteiger partial charge is 0.365 e. The lowest BCUT2D eigenvalue weighted by Gasteiger charge is -2.35. The van der Waals surface area contributed by atoms with Gasteiger partial charge in [-0.05, 0) is 38.1 Å². The fraction of sp³-hybridized carbons (Fsp3) is 0.917. The zero-order valence-electron chi connectivity index (χ0n) is 10.5. The Bertz CT molecular complexity index is 225. The zero-order chi connectivity index (χ0) is 12.1. The summed E-state index contributed by atoms with van der Waals surface area (Å²) < 4.78 is 5.64. The van der Waals surface area contributed by atoms with Crippen LogP contribution in [0.5, 0.6) is 0 Å². The summed E-state index contributed by atoms with van der Waals surface area (Å²) in [4.78, 5) is 11.6. The predicted octanol–water partition coefficient (Wildman–Crippen LogP) is 0.901. The molecular formula is C12H24N2O2. The number of carbonyl (C=O) groups excluding carboxylic acids is 1. The monoisotopic (exact) mass is 228 g/mol. The Labute approximate surface area is 97.9 Å². The highest BCUT2D eigenvalue weighted by molar-refractivity contribution is 5.80. The summed E-state index contributed by atoms with van der Waals surface area (Å²) in [7, 11) is 0. The van der Waals surface area contributed by atoms with Gasteiger partial charge in [0.1, 0.15) is 6.10 Å². The van der Waals surface area contributed by atoms with E-state index in [2.05, 4.69) is 19.2 Å². The maximum absolute atomic E-state index is 11.6. The van der Waals surface area contributed by atoms with E-state index in [-0.39, 0.29) is 18.1 Å². The van der Waals surface area contributed by atoms with E-state index in [1.807, 2.05) is 6.92 Å². The molecule has 0 aromatic carbocycles. The van der Waals surface area contributed by atoms with Crippen LogP contribution in [0.3, 0.4) is 0 Å². The molecule has 4 heteroatoms. The number of hydrogen-bond donors (Lipinski definition) is 2. The van der Waals surface area contributed by atoms with Gasteiger partial charge in [0.25, 0.3) is 0 Å². The van der Waals surface area contributed by atoms with Gasteiger partial charge in [0.15, 0.2) is 0 Å². The normalized spacial score (nSPS) is 26.3. The average Bonchev–Trinajstić information content (AvgIpc) is 2.18. The quantitative estimate of drug-likeness (QED) is 0.710. The number of nitrogens with one attached hydrogen (secondary N) is 1. The topological polar surface area (TPSA) is 64.3 Å². The van der Waals surface area contributed by atoms with Crippen molar-refractivity contribution >= 4 is 5.91 Å². The Morgan fingerprint density at radius 1 is 1.44 bits per heavy atom. The van der Waals surface area contributed by atoms with E-state index < -0.39 is 0 Å². The molecular weight excluding hydrogens is 204 g/mol. The molecule has 0 spiro atoms. The molecule has 94 valence electrons. The highest BCUT2D eigenvalue weighted by atomic mass is 16.5. The van der Waals surface area contributed by atoms with Crippen LogP contribution in [-0.4, -0.2) is 31.2 Å². The third-order valence-corrected chi connectivity index (χ3v) is 2.98. The molecule has 0 aromatic rings. The molecule has 0 bridgehead atoms. The van der Waals surface area contributed by atoms with Gasteiger partial charge < -0.3 is 15.8 Å². The molecule has 4 nitrogen and oxygen atoms in total. The molecule has 0 aromatic heterocycles. The molecule has 1 fully saturated rings. The van der Waals surface area contributed by atoms with Gasteiger partial charge in [-0.2, -0.15) is 0 Å². The fourth-order valence-corrected chi connectivity index (χ4v) is 1.78. The maximum atomic E-state index is 11.6. The summed E-state index contributed by atoms with van der Waals surface area (Å²) in [6, 6.07) is 0. The Kier molecular flexibility index (Phi) is 5.22. The second-order valence-electron chi connectivity index (χ2n) is 5.11. The summed E-state index contributed by atoms with van der Waals surface area (Å²) in [6.07, 6.45) is 1.88. The summed E-state index contributed by atoms with van der Waals surface area (Å²) in [5, 5.41) is 2.87. The maximum Gasteiger partial charge on any atom is 0.248 e. The minimum Gasteiger partial charge on any atom is -0.365 e. The summed E-state index contributed by atoms with van der Waals surface area (Å²) in [6.45, 7) is 7.40. The SMILES string of the molecule is CC(C)CNC(=O)C(C)OC1CC(CN)C1. The first-order valence-electron chi connectivity index (χ1n) is 6.16. The Morgan fingerprint density at radius 2 is 2.06 bits per heavy atom. The summed E-state index contributed by atoms with van der Waals surface area (Å²) in [5.41, 5.74) is 5.53. The Balaban J connectivity index is 2.15. The molecule has 1 atom stereocenters. The zero-order valence-corrected chi connectivity index (χ0v) is 10.5. The van der Waals surface area contributed by atoms with Gasteiger partial charge in [-0.3, -0.25) is 4.79 Å². The van der Waals surface area contributed by atoms with E-state index in [4.69, 9.17) is 10.5 Å². The van der Waals surface area contributed by atoms with Crippen LogP contribution in [0, 0.1) is 11.8 Å². The van der Waals surface area contributed by atoms with Crippen molar-refractivity contribution in [3.63, 3.8) is 0 Å². The van der Waals surface area contributed by atoms with E-state index in [0.29, 0.717) is 18.4 Å². The standard InChI is InChI=1S/C12H24N2O2/c1-8(2)7-14-12(15)9(3)16-11-4-10(5-11)6-13/h8-11H,4-7,13H2,1-3H3,(H,14,15). The highest BCUT2D eigenvalue weighted by Gasteiger charge is 2.31. The first-order valence-corrected chi connectivity index (χ1v) is 6.16. The van der Waals surface area contributed by atoms with Crippen molar-refractivity contribution in [3.8, 4) is 0 Å². The van der Waals surface area contributed by atoms with Gasteiger partial charge in [-0.1, -0.05) is 13.8 Å². The minimum atomic E-state index is -0.345. The number of amides is 1. The third kappa shape index (κ3) is 4.10. The molecule has 1 saturated carbocycles. The molecule has 1 amide bonds. The van der Waals surface area contributed by atoms with Crippen LogP contribution in [0.15, 0.2) is 0 Å². The van der Waals surface area contributed by atoms with Gasteiger partial charge in [-0.15, -0.1) is 0 Å². The van der Waals surface area contributed by atoms with Crippen molar-refractivity contribution in [3.05, 3.63) is 0 Å². The van der Waals surface area contributed by atoms with E-state index in [1.54, 1.807) is 0 Å². The first kappa shape index (κ1) is 13.5. The smallest absolute Gasteiger partial charge is 0.248 e. The number of carbonyl (C=O) groups is 1. The second kappa shape index (κ2) is 6.21. The summed E-state index contributed by atoms with van der Waals surface area (Å²) >= 11 is 0. The lowest BCUT2D eigenvalue weighted by Crippen LogP contribution is -2.43. The van der Waals surface area contributed by atoms with E-state index in [1.165, 1.54) is 0 Å². The van der Waals surface area contributed by atoms with Gasteiger partial charge >= 0.3 is 0 Å². The van der Waals surface area contributed by atoms with Crippen LogP contribution in [0.25, 0.3) is 0 Å². The predicted molar refractivity (Wildman–Crippen MR) is 64.0 cm³/mol. The molecule has 1 aliphatic rings. The molecule has 0 aliphatic heterocycles. The van der Waals surface area contributed by atoms with Crippen LogP contribution in [0.2, 0.25) is 0 Å². The average molecular weight is 228 g/mol. The third-order valence-electron chi connectivity index (χ3n) is 2.98. The highest BCUT2D eigenvalue weighted by Crippen LogP contribution is 2.29. The molecule has 0 heterocycles. The van der Waals surface area contributed by atoms with Crippen LogP contribution in [-0.2, 0) is 9.53 Å². The van der Waals surface area contributed by atoms with Gasteiger partial charge in [-0.25, -0.2) is 0 Å². The van der Waals surface area contributed by atoms with Crippen LogP contribution < -0.4 is 11.1 Å². The van der Waals surface area contributed by atoms with Gasteiger partial charge in [0.2, 0.25) is 5.91 Å². The molecule has 3 N–H and O–H groups in total. The number of rotatable bonds is 6. The van der Waals surface area contributed by atoms with Crippen molar-refractivity contribution in [1.82, 2.24) is 5.32 Å². The van der Waals surface area contributed by atoms with Gasteiger partial charge in [0.05, 0.1) is 6.10 Å². The van der Waals surface area contributed by atoms with Crippen LogP contribution in [0.4, 0.5) is 0 Å². The number of hydrogen-bond acceptors (Lipinski definition) is 3. The molecule has 1 rings (SSSR count). The lowest BCUT2D eigenvalue weighted by atomic mass is 9.82. The van der Waals surface area contributed by atoms with Crippen molar-refractivity contribution in [1.29, 1.82) is 0 Å². The Hall–Kier alpha value is -0.610. The summed E-state index contributed by atoms with van der Waals surface area (Å²) in [5.74, 6) is 1.06. The first-order chi connectivity index (χ1) is 7.52. The van der Waals surface area contributed by atoms with Crippen LogP contribution in [0.1, 0.15) is 33.6 Å². The van der Waals surface area contributed by atoms with Crippen LogP contribution >= 0.6 is 0 Å².